The fourth-order valence-corrected chi connectivity index (χ4v) is 9.71. The van der Waals surface area contributed by atoms with Gasteiger partial charge in [-0.3, -0.25) is 19.3 Å². The van der Waals surface area contributed by atoms with Crippen molar-refractivity contribution in [3.8, 4) is 11.5 Å². The molecule has 416 valence electrons. The number of nitrogens with zero attached hydrogens (tertiary/aromatic N) is 4. The highest BCUT2D eigenvalue weighted by molar-refractivity contribution is 7.09. The lowest BCUT2D eigenvalue weighted by Gasteiger charge is -2.47. The molecule has 3 aromatic rings. The van der Waals surface area contributed by atoms with E-state index < -0.39 is 24.3 Å². The maximum atomic E-state index is 13.5. The number of phenols is 1. The molecule has 3 amide bonds. The van der Waals surface area contributed by atoms with E-state index in [2.05, 4.69) is 63.5 Å². The van der Waals surface area contributed by atoms with Gasteiger partial charge in [0, 0.05) is 56.6 Å². The van der Waals surface area contributed by atoms with Crippen LogP contribution in [0.2, 0.25) is 0 Å². The van der Waals surface area contributed by atoms with Crippen molar-refractivity contribution >= 4 is 46.7 Å². The van der Waals surface area contributed by atoms with E-state index in [1.165, 1.54) is 12.0 Å². The highest BCUT2D eigenvalue weighted by atomic mass is 32.1. The number of amides is 3. The van der Waals surface area contributed by atoms with Crippen molar-refractivity contribution in [2.45, 2.75) is 115 Å². The second-order valence-corrected chi connectivity index (χ2v) is 19.7. The third-order valence-electron chi connectivity index (χ3n) is 12.8. The molecule has 2 saturated heterocycles. The first-order valence-electron chi connectivity index (χ1n) is 24.8. The standard InChI is InChI=1S/C46H64N6O8S.2C2HF3O2/c1-33(2)44-48-38(31-61-44)45(56)51-22-24-60-46(32-51)15-19-50(20-16-46)28-34-7-6-8-35(27-34)29-58-26-25-57-23-14-41(55)52(37-9-4-3-5-10-37)21-18-47-17-13-36-11-12-39(53)42-43(36)59-30-40(54)49-42;2*3-2(4,5)1(6)7/h6-8,11-12,27,31,33,37,47,53H,3-5,9-10,13-26,28-30,32H2,1-2H3,(H,49,54);2*(H,6,7). The van der Waals surface area contributed by atoms with E-state index in [1.54, 1.807) is 17.4 Å². The first-order chi connectivity index (χ1) is 35.5. The molecule has 0 unspecified atom stereocenters. The van der Waals surface area contributed by atoms with E-state index in [9.17, 15) is 45.8 Å². The number of phenolic OH excluding ortho intramolecular Hbond substituents is 1. The van der Waals surface area contributed by atoms with Gasteiger partial charge in [0.1, 0.15) is 17.1 Å². The molecular weight excluding hydrogens is 1020 g/mol. The number of ether oxygens (including phenoxy) is 4. The minimum atomic E-state index is -5.08. The Hall–Kier alpha value is -5.60. The van der Waals surface area contributed by atoms with Crippen LogP contribution in [0.1, 0.15) is 103 Å². The zero-order valence-electron chi connectivity index (χ0n) is 41.9. The normalized spacial score (nSPS) is 16.9. The van der Waals surface area contributed by atoms with Gasteiger partial charge in [0.15, 0.2) is 12.4 Å². The Morgan fingerprint density at radius 2 is 1.60 bits per heavy atom. The quantitative estimate of drug-likeness (QED) is 0.0463. The van der Waals surface area contributed by atoms with E-state index in [-0.39, 0.29) is 41.7 Å². The van der Waals surface area contributed by atoms with Gasteiger partial charge in [-0.1, -0.05) is 63.4 Å². The Labute approximate surface area is 434 Å². The van der Waals surface area contributed by atoms with Gasteiger partial charge in [0.2, 0.25) is 5.91 Å². The van der Waals surface area contributed by atoms with E-state index in [0.717, 1.165) is 74.3 Å². The summed E-state index contributed by atoms with van der Waals surface area (Å²) in [5.41, 5.74) is 3.86. The fourth-order valence-electron chi connectivity index (χ4n) is 8.90. The molecule has 0 radical (unpaired) electrons. The number of aromatic nitrogens is 1. The maximum Gasteiger partial charge on any atom is 0.490 e. The number of likely N-dealkylation sites (tertiary alicyclic amines) is 1. The predicted octanol–water partition coefficient (Wildman–Crippen LogP) is 6.99. The molecule has 4 aliphatic rings. The number of morpholine rings is 1. The molecule has 7 rings (SSSR count). The number of rotatable bonds is 19. The highest BCUT2D eigenvalue weighted by Gasteiger charge is 2.42. The topological polar surface area (TPSA) is 230 Å². The number of alkyl halides is 6. The summed E-state index contributed by atoms with van der Waals surface area (Å²) in [5, 5.41) is 33.5. The molecule has 1 aromatic heterocycles. The molecule has 1 aliphatic carbocycles. The van der Waals surface area contributed by atoms with Gasteiger partial charge in [-0.05, 0) is 61.4 Å². The molecule has 25 heteroatoms. The summed E-state index contributed by atoms with van der Waals surface area (Å²) in [7, 11) is 0. The lowest BCUT2D eigenvalue weighted by molar-refractivity contribution is -0.193. The second kappa shape index (κ2) is 28.5. The smallest absolute Gasteiger partial charge is 0.490 e. The molecule has 3 fully saturated rings. The van der Waals surface area contributed by atoms with Crippen LogP contribution in [-0.4, -0.2) is 168 Å². The SMILES string of the molecule is CC(C)c1nc(C(=O)N2CCOC3(CCN(Cc4cccc(COCCOCCC(=O)N(CCNCCc5ccc(O)c6c5OCC(=O)N6)C5CCCCC5)c4)CC3)C2)cs1.O=C(O)C(F)(F)F.O=C(O)C(F)(F)F. The van der Waals surface area contributed by atoms with Crippen molar-refractivity contribution in [3.63, 3.8) is 0 Å². The Balaban J connectivity index is 0.000000653. The van der Waals surface area contributed by atoms with Gasteiger partial charge < -0.3 is 54.7 Å². The number of anilines is 1. The van der Waals surface area contributed by atoms with Crippen molar-refractivity contribution in [3.05, 3.63) is 69.2 Å². The number of benzene rings is 2. The number of hydrogen-bond donors (Lipinski definition) is 5. The van der Waals surface area contributed by atoms with E-state index in [0.29, 0.717) is 102 Å². The zero-order valence-corrected chi connectivity index (χ0v) is 42.8. The average molecular weight is 1090 g/mol. The third-order valence-corrected chi connectivity index (χ3v) is 13.9. The summed E-state index contributed by atoms with van der Waals surface area (Å²) in [6.45, 7) is 12.3. The number of fused-ring (bicyclic) bond motifs is 1. The second-order valence-electron chi connectivity index (χ2n) is 18.8. The van der Waals surface area contributed by atoms with Gasteiger partial charge in [0.25, 0.3) is 11.8 Å². The first-order valence-corrected chi connectivity index (χ1v) is 25.7. The largest absolute Gasteiger partial charge is 0.506 e. The number of halogens is 6. The number of nitrogens with one attached hydrogen (secondary N) is 2. The maximum absolute atomic E-state index is 13.5. The summed E-state index contributed by atoms with van der Waals surface area (Å²) in [6.07, 6.45) is -1.80. The van der Waals surface area contributed by atoms with Crippen LogP contribution in [-0.2, 0) is 53.0 Å². The van der Waals surface area contributed by atoms with Gasteiger partial charge >= 0.3 is 24.3 Å². The van der Waals surface area contributed by atoms with Crippen molar-refractivity contribution in [1.29, 1.82) is 0 Å². The third kappa shape index (κ3) is 19.2. The van der Waals surface area contributed by atoms with E-state index >= 15 is 0 Å². The Morgan fingerprint density at radius 1 is 0.933 bits per heavy atom. The highest BCUT2D eigenvalue weighted by Crippen LogP contribution is 2.39. The number of carboxylic acids is 2. The molecule has 0 atom stereocenters. The average Bonchev–Trinajstić information content (AvgIpc) is 3.88. The molecular formula is C50H66F6N6O12S. The van der Waals surface area contributed by atoms with Crippen LogP contribution in [0.15, 0.2) is 41.8 Å². The monoisotopic (exact) mass is 1090 g/mol. The van der Waals surface area contributed by atoms with Crippen LogP contribution in [0.5, 0.6) is 11.5 Å². The van der Waals surface area contributed by atoms with Crippen LogP contribution in [0.4, 0.5) is 32.0 Å². The van der Waals surface area contributed by atoms with Crippen molar-refractivity contribution in [2.24, 2.45) is 0 Å². The first kappa shape index (κ1) is 60.3. The van der Waals surface area contributed by atoms with Crippen LogP contribution in [0.3, 0.4) is 0 Å². The molecule has 3 aliphatic heterocycles. The lowest BCUT2D eigenvalue weighted by Crippen LogP contribution is -2.58. The number of aliphatic carboxylic acids is 2. The zero-order chi connectivity index (χ0) is 54.8. The number of piperidine rings is 1. The Morgan fingerprint density at radius 3 is 2.25 bits per heavy atom. The molecule has 2 aromatic carbocycles. The fraction of sp³-hybridized carbons (Fsp3) is 0.600. The van der Waals surface area contributed by atoms with Crippen molar-refractivity contribution in [2.75, 3.05) is 84.2 Å². The molecule has 1 saturated carbocycles. The van der Waals surface area contributed by atoms with Gasteiger partial charge in [-0.2, -0.15) is 26.3 Å². The number of hydrogen-bond acceptors (Lipinski definition) is 14. The molecule has 75 heavy (non-hydrogen) atoms. The molecule has 1 spiro atoms. The summed E-state index contributed by atoms with van der Waals surface area (Å²) in [5.74, 6) is -4.83. The van der Waals surface area contributed by atoms with Gasteiger partial charge in [0.05, 0.1) is 56.6 Å². The minimum Gasteiger partial charge on any atom is -0.506 e. The van der Waals surface area contributed by atoms with Crippen molar-refractivity contribution < 1.29 is 84.6 Å². The summed E-state index contributed by atoms with van der Waals surface area (Å²) in [6, 6.07) is 12.2. The summed E-state index contributed by atoms with van der Waals surface area (Å²) in [4.78, 5) is 67.4. The van der Waals surface area contributed by atoms with Crippen LogP contribution < -0.4 is 15.4 Å². The van der Waals surface area contributed by atoms with Crippen LogP contribution in [0, 0.1) is 0 Å². The van der Waals surface area contributed by atoms with Gasteiger partial charge in [-0.15, -0.1) is 11.3 Å². The van der Waals surface area contributed by atoms with Crippen LogP contribution in [0.25, 0.3) is 0 Å². The molecule has 5 N–H and O–H groups in total. The molecule has 18 nitrogen and oxygen atoms in total. The number of carbonyl (C=O) groups is 5. The number of aromatic hydroxyl groups is 1. The van der Waals surface area contributed by atoms with E-state index in [1.807, 2.05) is 16.3 Å². The molecule has 0 bridgehead atoms. The minimum absolute atomic E-state index is 0.00812. The van der Waals surface area contributed by atoms with Gasteiger partial charge in [-0.25, -0.2) is 14.6 Å². The number of carbonyl (C=O) groups excluding carboxylic acids is 3. The van der Waals surface area contributed by atoms with Crippen molar-refractivity contribution in [1.82, 2.24) is 25.0 Å². The molecule has 4 heterocycles. The Kier molecular flexibility index (Phi) is 22.9. The summed E-state index contributed by atoms with van der Waals surface area (Å²) < 4.78 is 87.3. The van der Waals surface area contributed by atoms with E-state index in [4.69, 9.17) is 38.7 Å². The Bertz CT molecular complexity index is 2330. The number of carboxylic acid groups (broad SMARTS) is 2. The lowest BCUT2D eigenvalue weighted by atomic mass is 9.89. The predicted molar refractivity (Wildman–Crippen MR) is 262 cm³/mol. The van der Waals surface area contributed by atoms with Crippen LogP contribution >= 0.6 is 11.3 Å². The number of thiazole rings is 1. The summed E-state index contributed by atoms with van der Waals surface area (Å²) >= 11 is 1.56.